The van der Waals surface area contributed by atoms with Gasteiger partial charge in [0.15, 0.2) is 11.5 Å². The lowest BCUT2D eigenvalue weighted by Gasteiger charge is -2.09. The van der Waals surface area contributed by atoms with E-state index in [2.05, 4.69) is 0 Å². The molecule has 0 aliphatic rings. The number of aryl methyl sites for hydroxylation is 1. The Morgan fingerprint density at radius 3 is 2.24 bits per heavy atom. The van der Waals surface area contributed by atoms with Crippen molar-refractivity contribution in [2.45, 2.75) is 6.92 Å². The highest BCUT2D eigenvalue weighted by molar-refractivity contribution is 6.20. The molecule has 0 fully saturated rings. The summed E-state index contributed by atoms with van der Waals surface area (Å²) >= 11 is 0. The number of aliphatic carboxylic acids is 2. The van der Waals surface area contributed by atoms with Crippen molar-refractivity contribution in [1.82, 2.24) is 0 Å². The molecule has 0 spiro atoms. The molecule has 1 aromatic rings. The Morgan fingerprint density at radius 1 is 1.18 bits per heavy atom. The number of rotatable bonds is 3. The van der Waals surface area contributed by atoms with E-state index in [0.717, 1.165) is 0 Å². The Kier molecular flexibility index (Phi) is 3.37. The molecular weight excluding hydrogens is 228 g/mol. The summed E-state index contributed by atoms with van der Waals surface area (Å²) in [6.45, 7) is 1.49. The number of carboxylic acids is 2. The maximum atomic E-state index is 10.9. The van der Waals surface area contributed by atoms with Gasteiger partial charge in [-0.25, -0.2) is 9.59 Å². The van der Waals surface area contributed by atoms with Crippen molar-refractivity contribution in [3.05, 3.63) is 29.3 Å². The molecule has 0 atom stereocenters. The van der Waals surface area contributed by atoms with Crippen LogP contribution in [0.15, 0.2) is 18.2 Å². The lowest BCUT2D eigenvalue weighted by atomic mass is 9.98. The van der Waals surface area contributed by atoms with Crippen LogP contribution in [0.2, 0.25) is 0 Å². The largest absolute Gasteiger partial charge is 0.504 e. The summed E-state index contributed by atoms with van der Waals surface area (Å²) in [5.74, 6) is -4.12. The lowest BCUT2D eigenvalue weighted by molar-refractivity contribution is -0.133. The molecule has 0 bridgehead atoms. The van der Waals surface area contributed by atoms with E-state index >= 15 is 0 Å². The Labute approximate surface area is 96.1 Å². The van der Waals surface area contributed by atoms with Crippen molar-refractivity contribution < 1.29 is 30.0 Å². The standard InChI is InChI=1S/C11H10O6/c1-5-2-3-7(12)10(15)9(5)6(11(16)17)4-8(13)14/h2-4,12,15H,1H3,(H,13,14)(H,16,17)/b6-4+. The Balaban J connectivity index is 3.54. The molecule has 0 radical (unpaired) electrons. The van der Waals surface area contributed by atoms with Crippen LogP contribution < -0.4 is 0 Å². The van der Waals surface area contributed by atoms with Crippen molar-refractivity contribution in [3.63, 3.8) is 0 Å². The molecule has 0 amide bonds. The predicted molar refractivity (Wildman–Crippen MR) is 57.8 cm³/mol. The van der Waals surface area contributed by atoms with Crippen LogP contribution in [-0.4, -0.2) is 32.4 Å². The molecule has 1 rings (SSSR count). The lowest BCUT2D eigenvalue weighted by Crippen LogP contribution is -2.05. The first-order valence-corrected chi connectivity index (χ1v) is 4.54. The van der Waals surface area contributed by atoms with E-state index in [4.69, 9.17) is 10.2 Å². The molecule has 0 aliphatic carbocycles. The second-order valence-electron chi connectivity index (χ2n) is 3.33. The molecule has 0 aliphatic heterocycles. The van der Waals surface area contributed by atoms with E-state index in [1.807, 2.05) is 0 Å². The molecule has 4 N–H and O–H groups in total. The fourth-order valence-electron chi connectivity index (χ4n) is 1.39. The molecule has 0 unspecified atom stereocenters. The van der Waals surface area contributed by atoms with Gasteiger partial charge < -0.3 is 20.4 Å². The molecule has 0 saturated carbocycles. The average molecular weight is 238 g/mol. The predicted octanol–water partition coefficient (Wildman–Crippen LogP) is 0.959. The molecule has 6 nitrogen and oxygen atoms in total. The molecule has 0 heterocycles. The number of phenolic OH excluding ortho intramolecular Hbond substituents is 2. The number of phenols is 2. The summed E-state index contributed by atoms with van der Waals surface area (Å²) in [6.07, 6.45) is 0.462. The van der Waals surface area contributed by atoms with Gasteiger partial charge in [0.25, 0.3) is 0 Å². The van der Waals surface area contributed by atoms with Gasteiger partial charge in [-0.05, 0) is 18.6 Å². The van der Waals surface area contributed by atoms with Gasteiger partial charge in [0.2, 0.25) is 0 Å². The van der Waals surface area contributed by atoms with Crippen LogP contribution in [0.3, 0.4) is 0 Å². The molecule has 0 saturated heterocycles. The zero-order chi connectivity index (χ0) is 13.2. The van der Waals surface area contributed by atoms with Crippen LogP contribution in [0.1, 0.15) is 11.1 Å². The minimum atomic E-state index is -1.50. The monoisotopic (exact) mass is 238 g/mol. The minimum absolute atomic E-state index is 0.208. The number of carbonyl (C=O) groups is 2. The normalized spacial score (nSPS) is 11.2. The summed E-state index contributed by atoms with van der Waals surface area (Å²) in [5, 5.41) is 36.3. The number of benzene rings is 1. The molecule has 1 aromatic carbocycles. The zero-order valence-electron chi connectivity index (χ0n) is 8.84. The van der Waals surface area contributed by atoms with Gasteiger partial charge in [0.1, 0.15) is 0 Å². The summed E-state index contributed by atoms with van der Waals surface area (Å²) in [7, 11) is 0. The van der Waals surface area contributed by atoms with Gasteiger partial charge in [-0.15, -0.1) is 0 Å². The highest BCUT2D eigenvalue weighted by Crippen LogP contribution is 2.35. The second-order valence-corrected chi connectivity index (χ2v) is 3.33. The van der Waals surface area contributed by atoms with Gasteiger partial charge in [-0.2, -0.15) is 0 Å². The van der Waals surface area contributed by atoms with Gasteiger partial charge in [0, 0.05) is 11.6 Å². The smallest absolute Gasteiger partial charge is 0.336 e. The SMILES string of the molecule is Cc1ccc(O)c(O)c1/C(=C\C(=O)O)C(=O)O. The second kappa shape index (κ2) is 4.56. The number of hydrogen-bond donors (Lipinski definition) is 4. The van der Waals surface area contributed by atoms with Crippen molar-refractivity contribution in [2.75, 3.05) is 0 Å². The zero-order valence-corrected chi connectivity index (χ0v) is 8.84. The maximum Gasteiger partial charge on any atom is 0.336 e. The van der Waals surface area contributed by atoms with E-state index in [1.54, 1.807) is 0 Å². The first-order chi connectivity index (χ1) is 7.84. The third kappa shape index (κ3) is 2.54. The topological polar surface area (TPSA) is 115 Å². The van der Waals surface area contributed by atoms with E-state index in [9.17, 15) is 19.8 Å². The Morgan fingerprint density at radius 2 is 1.76 bits per heavy atom. The number of aromatic hydroxyl groups is 2. The van der Waals surface area contributed by atoms with Crippen molar-refractivity contribution in [3.8, 4) is 11.5 Å². The summed E-state index contributed by atoms with van der Waals surface area (Å²) in [4.78, 5) is 21.4. The van der Waals surface area contributed by atoms with Crippen LogP contribution in [-0.2, 0) is 9.59 Å². The minimum Gasteiger partial charge on any atom is -0.504 e. The third-order valence-corrected chi connectivity index (χ3v) is 2.13. The summed E-state index contributed by atoms with van der Waals surface area (Å²) < 4.78 is 0. The molecule has 6 heteroatoms. The van der Waals surface area contributed by atoms with Crippen LogP contribution in [0.5, 0.6) is 11.5 Å². The Hall–Kier alpha value is -2.50. The van der Waals surface area contributed by atoms with Crippen LogP contribution in [0, 0.1) is 6.92 Å². The summed E-state index contributed by atoms with van der Waals surface area (Å²) in [6, 6.07) is 2.57. The van der Waals surface area contributed by atoms with Gasteiger partial charge in [-0.3, -0.25) is 0 Å². The molecule has 90 valence electrons. The Bertz CT molecular complexity index is 515. The van der Waals surface area contributed by atoms with E-state index in [1.165, 1.54) is 19.1 Å². The fraction of sp³-hybridized carbons (Fsp3) is 0.0909. The fourth-order valence-corrected chi connectivity index (χ4v) is 1.39. The quantitative estimate of drug-likeness (QED) is 0.460. The van der Waals surface area contributed by atoms with Crippen molar-refractivity contribution >= 4 is 17.5 Å². The number of hydrogen-bond acceptors (Lipinski definition) is 4. The van der Waals surface area contributed by atoms with Crippen LogP contribution in [0.25, 0.3) is 5.57 Å². The first kappa shape index (κ1) is 12.6. The van der Waals surface area contributed by atoms with E-state index in [0.29, 0.717) is 11.6 Å². The van der Waals surface area contributed by atoms with Crippen LogP contribution in [0.4, 0.5) is 0 Å². The van der Waals surface area contributed by atoms with Gasteiger partial charge in [0.05, 0.1) is 5.57 Å². The van der Waals surface area contributed by atoms with Crippen molar-refractivity contribution in [1.29, 1.82) is 0 Å². The molecular formula is C11H10O6. The molecule has 17 heavy (non-hydrogen) atoms. The summed E-state index contributed by atoms with van der Waals surface area (Å²) in [5.41, 5.74) is -0.460. The average Bonchev–Trinajstić information content (AvgIpc) is 2.22. The number of carboxylic acid groups (broad SMARTS) is 2. The highest BCUT2D eigenvalue weighted by Gasteiger charge is 2.20. The van der Waals surface area contributed by atoms with Gasteiger partial charge >= 0.3 is 11.9 Å². The first-order valence-electron chi connectivity index (χ1n) is 4.54. The third-order valence-electron chi connectivity index (χ3n) is 2.13. The van der Waals surface area contributed by atoms with Crippen molar-refractivity contribution in [2.24, 2.45) is 0 Å². The maximum absolute atomic E-state index is 10.9. The highest BCUT2D eigenvalue weighted by atomic mass is 16.4. The van der Waals surface area contributed by atoms with Crippen LogP contribution >= 0.6 is 0 Å². The van der Waals surface area contributed by atoms with Gasteiger partial charge in [-0.1, -0.05) is 6.07 Å². The van der Waals surface area contributed by atoms with E-state index in [-0.39, 0.29) is 5.56 Å². The molecule has 0 aromatic heterocycles. The van der Waals surface area contributed by atoms with E-state index < -0.39 is 29.0 Å².